The minimum atomic E-state index is -0.607. The molecule has 0 radical (unpaired) electrons. The highest BCUT2D eigenvalue weighted by molar-refractivity contribution is 6.31. The molecule has 0 fully saturated rings. The van der Waals surface area contributed by atoms with Crippen molar-refractivity contribution < 1.29 is 13.9 Å². The molecule has 1 amide bonds. The molecule has 0 spiro atoms. The predicted molar refractivity (Wildman–Crippen MR) is 135 cm³/mol. The van der Waals surface area contributed by atoms with Gasteiger partial charge in [-0.2, -0.15) is 0 Å². The zero-order valence-corrected chi connectivity index (χ0v) is 20.4. The second-order valence-electron chi connectivity index (χ2n) is 8.15. The number of fused-ring (bicyclic) bond motifs is 1. The topological polar surface area (TPSA) is 64.4 Å². The van der Waals surface area contributed by atoms with Crippen LogP contribution in [-0.2, 0) is 0 Å². The number of rotatable bonds is 7. The number of carbonyl (C=O) groups is 1. The fraction of sp³-hybridized carbons (Fsp3) is 0.222. The molecule has 1 atom stereocenters. The smallest absolute Gasteiger partial charge is 0.266 e. The monoisotopic (exact) mass is 493 g/mol. The minimum Gasteiger partial charge on any atom is -0.497 e. The SMILES string of the molecule is CCCN(C(=O)c1cccc(F)c1)C(C)c1nc2cc(Cl)ccc2c(=O)n1-c1ccc(OC)cc1. The van der Waals surface area contributed by atoms with E-state index in [4.69, 9.17) is 21.3 Å². The van der Waals surface area contributed by atoms with Crippen LogP contribution in [0.1, 0.15) is 42.5 Å². The van der Waals surface area contributed by atoms with E-state index in [9.17, 15) is 14.0 Å². The second-order valence-corrected chi connectivity index (χ2v) is 8.59. The van der Waals surface area contributed by atoms with Crippen molar-refractivity contribution in [2.45, 2.75) is 26.3 Å². The summed E-state index contributed by atoms with van der Waals surface area (Å²) < 4.78 is 20.6. The molecule has 1 aromatic heterocycles. The van der Waals surface area contributed by atoms with E-state index in [1.807, 2.05) is 13.8 Å². The van der Waals surface area contributed by atoms with Crippen LogP contribution in [0.25, 0.3) is 16.6 Å². The molecule has 1 unspecified atom stereocenters. The van der Waals surface area contributed by atoms with Crippen molar-refractivity contribution in [2.24, 2.45) is 0 Å². The summed E-state index contributed by atoms with van der Waals surface area (Å²) in [5.41, 5.74) is 0.959. The number of hydrogen-bond acceptors (Lipinski definition) is 4. The molecule has 0 aliphatic rings. The zero-order valence-electron chi connectivity index (χ0n) is 19.7. The summed E-state index contributed by atoms with van der Waals surface area (Å²) in [7, 11) is 1.57. The van der Waals surface area contributed by atoms with E-state index in [0.717, 1.165) is 0 Å². The summed E-state index contributed by atoms with van der Waals surface area (Å²) >= 11 is 6.19. The van der Waals surface area contributed by atoms with E-state index in [2.05, 4.69) is 0 Å². The van der Waals surface area contributed by atoms with E-state index < -0.39 is 11.9 Å². The molecule has 0 N–H and O–H groups in total. The van der Waals surface area contributed by atoms with Gasteiger partial charge in [0.1, 0.15) is 17.4 Å². The first-order valence-corrected chi connectivity index (χ1v) is 11.6. The summed E-state index contributed by atoms with van der Waals surface area (Å²) in [5, 5.41) is 0.853. The Labute approximate surface area is 207 Å². The van der Waals surface area contributed by atoms with Gasteiger partial charge in [0.15, 0.2) is 0 Å². The average molecular weight is 494 g/mol. The third-order valence-electron chi connectivity index (χ3n) is 5.83. The lowest BCUT2D eigenvalue weighted by atomic mass is 10.1. The van der Waals surface area contributed by atoms with Crippen molar-refractivity contribution in [3.63, 3.8) is 0 Å². The Hall–Kier alpha value is -3.71. The Morgan fingerprint density at radius 2 is 1.89 bits per heavy atom. The quantitative estimate of drug-likeness (QED) is 0.326. The molecular weight excluding hydrogens is 469 g/mol. The summed E-state index contributed by atoms with van der Waals surface area (Å²) in [6.45, 7) is 4.15. The molecule has 6 nitrogen and oxygen atoms in total. The van der Waals surface area contributed by atoms with E-state index in [-0.39, 0.29) is 17.0 Å². The van der Waals surface area contributed by atoms with Crippen LogP contribution in [0.5, 0.6) is 5.75 Å². The standard InChI is InChI=1S/C27H25ClFN3O3/c1-4-14-31(26(33)18-6-5-7-20(29)15-18)17(2)25-30-24-16-19(28)8-13-23(24)27(34)32(25)21-9-11-22(35-3)12-10-21/h5-13,15-17H,4,14H2,1-3H3. The number of halogens is 2. The lowest BCUT2D eigenvalue weighted by Crippen LogP contribution is -2.38. The first-order valence-electron chi connectivity index (χ1n) is 11.3. The van der Waals surface area contributed by atoms with Gasteiger partial charge in [-0.3, -0.25) is 14.2 Å². The van der Waals surface area contributed by atoms with Crippen LogP contribution in [0.2, 0.25) is 5.02 Å². The fourth-order valence-corrected chi connectivity index (χ4v) is 4.24. The highest BCUT2D eigenvalue weighted by Gasteiger charge is 2.27. The second kappa shape index (κ2) is 10.3. The molecule has 4 aromatic rings. The lowest BCUT2D eigenvalue weighted by molar-refractivity contribution is 0.0680. The van der Waals surface area contributed by atoms with Gasteiger partial charge in [-0.05, 0) is 74.0 Å². The molecule has 0 aliphatic carbocycles. The molecular formula is C27H25ClFN3O3. The maximum atomic E-state index is 13.9. The van der Waals surface area contributed by atoms with Crippen LogP contribution in [0.4, 0.5) is 4.39 Å². The molecule has 0 saturated heterocycles. The van der Waals surface area contributed by atoms with E-state index in [1.165, 1.54) is 22.8 Å². The van der Waals surface area contributed by atoms with E-state index in [1.54, 1.807) is 60.5 Å². The normalized spacial score (nSPS) is 11.9. The number of carbonyl (C=O) groups excluding carboxylic acids is 1. The van der Waals surface area contributed by atoms with Crippen molar-refractivity contribution in [3.8, 4) is 11.4 Å². The third-order valence-corrected chi connectivity index (χ3v) is 6.06. The Morgan fingerprint density at radius 1 is 1.14 bits per heavy atom. The molecule has 0 saturated carbocycles. The summed E-state index contributed by atoms with van der Waals surface area (Å²) in [6.07, 6.45) is 0.664. The minimum absolute atomic E-state index is 0.229. The average Bonchev–Trinajstić information content (AvgIpc) is 2.86. The van der Waals surface area contributed by atoms with Gasteiger partial charge in [-0.25, -0.2) is 9.37 Å². The maximum Gasteiger partial charge on any atom is 0.266 e. The van der Waals surface area contributed by atoms with Crippen molar-refractivity contribution >= 4 is 28.4 Å². The number of aromatic nitrogens is 2. The fourth-order valence-electron chi connectivity index (χ4n) is 4.08. The van der Waals surface area contributed by atoms with Crippen LogP contribution >= 0.6 is 11.6 Å². The van der Waals surface area contributed by atoms with Crippen molar-refractivity contribution in [1.29, 1.82) is 0 Å². The Bertz CT molecular complexity index is 1440. The van der Waals surface area contributed by atoms with Crippen molar-refractivity contribution in [1.82, 2.24) is 14.5 Å². The summed E-state index contributed by atoms with van der Waals surface area (Å²) in [6, 6.07) is 16.9. The van der Waals surface area contributed by atoms with Gasteiger partial charge in [0.05, 0.1) is 29.7 Å². The lowest BCUT2D eigenvalue weighted by Gasteiger charge is -2.30. The van der Waals surface area contributed by atoms with Gasteiger partial charge < -0.3 is 9.64 Å². The van der Waals surface area contributed by atoms with Gasteiger partial charge in [0.25, 0.3) is 11.5 Å². The van der Waals surface area contributed by atoms with E-state index >= 15 is 0 Å². The summed E-state index contributed by atoms with van der Waals surface area (Å²) in [5.74, 6) is 0.174. The maximum absolute atomic E-state index is 13.9. The predicted octanol–water partition coefficient (Wildman–Crippen LogP) is 5.80. The van der Waals surface area contributed by atoms with Crippen LogP contribution in [-0.4, -0.2) is 34.0 Å². The number of hydrogen-bond donors (Lipinski definition) is 0. The third kappa shape index (κ3) is 4.91. The van der Waals surface area contributed by atoms with Crippen LogP contribution in [0.3, 0.4) is 0 Å². The molecule has 1 heterocycles. The summed E-state index contributed by atoms with van der Waals surface area (Å²) in [4.78, 5) is 33.5. The number of ether oxygens (including phenoxy) is 1. The molecule has 8 heteroatoms. The zero-order chi connectivity index (χ0) is 25.1. The first kappa shape index (κ1) is 24.4. The first-order chi connectivity index (χ1) is 16.8. The Morgan fingerprint density at radius 3 is 2.54 bits per heavy atom. The number of methoxy groups -OCH3 is 1. The van der Waals surface area contributed by atoms with Crippen molar-refractivity contribution in [3.05, 3.63) is 99.3 Å². The highest BCUT2D eigenvalue weighted by Crippen LogP contribution is 2.26. The van der Waals surface area contributed by atoms with Gasteiger partial charge in [0.2, 0.25) is 0 Å². The molecule has 0 bridgehead atoms. The van der Waals surface area contributed by atoms with Crippen molar-refractivity contribution in [2.75, 3.05) is 13.7 Å². The van der Waals surface area contributed by atoms with Gasteiger partial charge in [0, 0.05) is 17.1 Å². The van der Waals surface area contributed by atoms with Crippen LogP contribution in [0.15, 0.2) is 71.5 Å². The van der Waals surface area contributed by atoms with Crippen LogP contribution in [0, 0.1) is 5.82 Å². The van der Waals surface area contributed by atoms with Gasteiger partial charge in [-0.15, -0.1) is 0 Å². The van der Waals surface area contributed by atoms with Crippen LogP contribution < -0.4 is 10.3 Å². The Balaban J connectivity index is 1.92. The molecule has 0 aliphatic heterocycles. The molecule has 4 rings (SSSR count). The highest BCUT2D eigenvalue weighted by atomic mass is 35.5. The Kier molecular flexibility index (Phi) is 7.17. The number of amides is 1. The van der Waals surface area contributed by atoms with E-state index in [0.29, 0.717) is 46.2 Å². The molecule has 35 heavy (non-hydrogen) atoms. The van der Waals surface area contributed by atoms with Gasteiger partial charge in [-0.1, -0.05) is 24.6 Å². The number of nitrogens with zero attached hydrogens (tertiary/aromatic N) is 3. The van der Waals surface area contributed by atoms with Gasteiger partial charge >= 0.3 is 0 Å². The molecule has 3 aromatic carbocycles. The largest absolute Gasteiger partial charge is 0.497 e. The molecule has 180 valence electrons. The number of benzene rings is 3.